The van der Waals surface area contributed by atoms with Gasteiger partial charge in [0, 0.05) is 36.7 Å². The Morgan fingerprint density at radius 3 is 2.71 bits per heavy atom. The summed E-state index contributed by atoms with van der Waals surface area (Å²) in [7, 11) is 1.56. The number of ether oxygens (including phenoxy) is 2. The summed E-state index contributed by atoms with van der Waals surface area (Å²) in [5, 5.41) is 6.67. The molecule has 35 heavy (non-hydrogen) atoms. The van der Waals surface area contributed by atoms with Crippen molar-refractivity contribution in [2.45, 2.75) is 44.4 Å². The third-order valence-corrected chi connectivity index (χ3v) is 6.87. The van der Waals surface area contributed by atoms with Gasteiger partial charge in [0.1, 0.15) is 16.9 Å². The second kappa shape index (κ2) is 10.2. The first kappa shape index (κ1) is 23.6. The standard InChI is InChI=1S/C27H27ClFN3O3/c1-34-26-16(14-30-15-17-9-12-25(33)31-17)13-22(28)27(32-26)35-24-11-10-19-18(6-4-7-21(19)24)20-5-2-3-8-23(20)29/h2-8,13,17,24,30H,9-12,14-15H2,1H3,(H,31,33)/t17?,24-/m0/s1. The summed E-state index contributed by atoms with van der Waals surface area (Å²) < 4.78 is 26.2. The van der Waals surface area contributed by atoms with Gasteiger partial charge in [0.25, 0.3) is 0 Å². The Hall–Kier alpha value is -3.16. The van der Waals surface area contributed by atoms with Crippen molar-refractivity contribution in [1.82, 2.24) is 15.6 Å². The van der Waals surface area contributed by atoms with Crippen LogP contribution in [-0.4, -0.2) is 30.6 Å². The minimum absolute atomic E-state index is 0.0927. The molecule has 3 aromatic rings. The number of carbonyl (C=O) groups excluding carboxylic acids is 1. The average molecular weight is 496 g/mol. The third kappa shape index (κ3) is 4.97. The van der Waals surface area contributed by atoms with E-state index in [-0.39, 0.29) is 23.9 Å². The van der Waals surface area contributed by atoms with E-state index in [1.165, 1.54) is 6.07 Å². The quantitative estimate of drug-likeness (QED) is 0.461. The van der Waals surface area contributed by atoms with Crippen LogP contribution in [-0.2, 0) is 17.8 Å². The molecule has 1 aromatic heterocycles. The van der Waals surface area contributed by atoms with Crippen LogP contribution in [0, 0.1) is 5.82 Å². The number of fused-ring (bicyclic) bond motifs is 1. The van der Waals surface area contributed by atoms with E-state index in [2.05, 4.69) is 15.6 Å². The van der Waals surface area contributed by atoms with E-state index in [0.29, 0.717) is 41.9 Å². The number of halogens is 2. The largest absolute Gasteiger partial charge is 0.481 e. The molecule has 2 aliphatic rings. The zero-order valence-electron chi connectivity index (χ0n) is 19.4. The molecule has 2 aromatic carbocycles. The van der Waals surface area contributed by atoms with Crippen LogP contribution in [0.2, 0.25) is 5.02 Å². The lowest BCUT2D eigenvalue weighted by Gasteiger charge is -2.18. The highest BCUT2D eigenvalue weighted by Gasteiger charge is 2.28. The smallest absolute Gasteiger partial charge is 0.236 e. The van der Waals surface area contributed by atoms with Crippen molar-refractivity contribution in [2.75, 3.05) is 13.7 Å². The van der Waals surface area contributed by atoms with Gasteiger partial charge in [-0.25, -0.2) is 4.39 Å². The molecular formula is C27H27ClFN3O3. The van der Waals surface area contributed by atoms with Crippen LogP contribution in [0.25, 0.3) is 11.1 Å². The number of rotatable bonds is 8. The van der Waals surface area contributed by atoms with Crippen molar-refractivity contribution in [3.63, 3.8) is 0 Å². The number of hydrogen-bond acceptors (Lipinski definition) is 5. The fraction of sp³-hybridized carbons (Fsp3) is 0.333. The van der Waals surface area contributed by atoms with Crippen LogP contribution in [0.3, 0.4) is 0 Å². The Labute approximate surface area is 208 Å². The molecule has 1 fully saturated rings. The van der Waals surface area contributed by atoms with Crippen molar-refractivity contribution >= 4 is 17.5 Å². The molecule has 2 N–H and O–H groups in total. The molecule has 8 heteroatoms. The monoisotopic (exact) mass is 495 g/mol. The zero-order chi connectivity index (χ0) is 24.4. The van der Waals surface area contributed by atoms with Crippen LogP contribution in [0.4, 0.5) is 4.39 Å². The fourth-order valence-corrected chi connectivity index (χ4v) is 5.12. The van der Waals surface area contributed by atoms with Crippen LogP contribution in [0.1, 0.15) is 42.1 Å². The van der Waals surface area contributed by atoms with Crippen molar-refractivity contribution in [3.05, 3.63) is 76.1 Å². The first-order valence-corrected chi connectivity index (χ1v) is 12.2. The Balaban J connectivity index is 1.32. The summed E-state index contributed by atoms with van der Waals surface area (Å²) in [5.74, 6) is 0.601. The molecule has 1 aliphatic heterocycles. The number of carbonyl (C=O) groups is 1. The number of nitrogens with one attached hydrogen (secondary N) is 2. The van der Waals surface area contributed by atoms with Gasteiger partial charge in [0.2, 0.25) is 17.7 Å². The maximum atomic E-state index is 14.5. The van der Waals surface area contributed by atoms with Crippen molar-refractivity contribution in [3.8, 4) is 22.9 Å². The number of benzene rings is 2. The van der Waals surface area contributed by atoms with Gasteiger partial charge in [-0.2, -0.15) is 4.98 Å². The lowest BCUT2D eigenvalue weighted by atomic mass is 9.96. The van der Waals surface area contributed by atoms with E-state index in [0.717, 1.165) is 41.5 Å². The molecular weight excluding hydrogens is 469 g/mol. The van der Waals surface area contributed by atoms with E-state index in [1.54, 1.807) is 25.3 Å². The first-order chi connectivity index (χ1) is 17.0. The van der Waals surface area contributed by atoms with Gasteiger partial charge < -0.3 is 20.1 Å². The van der Waals surface area contributed by atoms with E-state index in [1.807, 2.05) is 24.3 Å². The molecule has 0 radical (unpaired) electrons. The van der Waals surface area contributed by atoms with Gasteiger partial charge >= 0.3 is 0 Å². The lowest BCUT2D eigenvalue weighted by molar-refractivity contribution is -0.119. The van der Waals surface area contributed by atoms with E-state index in [9.17, 15) is 9.18 Å². The van der Waals surface area contributed by atoms with Crippen LogP contribution in [0.15, 0.2) is 48.5 Å². The fourth-order valence-electron chi connectivity index (χ4n) is 4.90. The minimum atomic E-state index is -0.237. The molecule has 0 bridgehead atoms. The number of hydrogen-bond donors (Lipinski definition) is 2. The zero-order valence-corrected chi connectivity index (χ0v) is 20.2. The van der Waals surface area contributed by atoms with Crippen molar-refractivity contribution in [2.24, 2.45) is 0 Å². The molecule has 1 saturated heterocycles. The highest BCUT2D eigenvalue weighted by Crippen LogP contribution is 2.42. The van der Waals surface area contributed by atoms with Gasteiger partial charge in [-0.1, -0.05) is 48.0 Å². The number of pyridine rings is 1. The number of methoxy groups -OCH3 is 1. The predicted molar refractivity (Wildman–Crippen MR) is 132 cm³/mol. The number of nitrogens with zero attached hydrogens (tertiary/aromatic N) is 1. The highest BCUT2D eigenvalue weighted by molar-refractivity contribution is 6.31. The van der Waals surface area contributed by atoms with Crippen LogP contribution >= 0.6 is 11.6 Å². The first-order valence-electron chi connectivity index (χ1n) is 11.8. The molecule has 5 rings (SSSR count). The summed E-state index contributed by atoms with van der Waals surface area (Å²) >= 11 is 6.56. The molecule has 182 valence electrons. The SMILES string of the molecule is COc1nc(O[C@H]2CCc3c(-c4ccccc4F)cccc32)c(Cl)cc1CNCC1CCC(=O)N1. The lowest BCUT2D eigenvalue weighted by Crippen LogP contribution is -2.35. The van der Waals surface area contributed by atoms with Gasteiger partial charge in [-0.15, -0.1) is 0 Å². The Kier molecular flexibility index (Phi) is 6.88. The summed E-state index contributed by atoms with van der Waals surface area (Å²) in [5.41, 5.74) is 4.40. The minimum Gasteiger partial charge on any atom is -0.481 e. The molecule has 1 amide bonds. The summed E-state index contributed by atoms with van der Waals surface area (Å²) in [6.45, 7) is 1.16. The van der Waals surface area contributed by atoms with Crippen molar-refractivity contribution < 1.29 is 18.7 Å². The Morgan fingerprint density at radius 1 is 1.11 bits per heavy atom. The van der Waals surface area contributed by atoms with Crippen LogP contribution in [0.5, 0.6) is 11.8 Å². The molecule has 2 atom stereocenters. The predicted octanol–water partition coefficient (Wildman–Crippen LogP) is 4.98. The molecule has 0 spiro atoms. The van der Waals surface area contributed by atoms with Gasteiger partial charge in [0.05, 0.1) is 7.11 Å². The molecule has 1 unspecified atom stereocenters. The normalized spacial score (nSPS) is 18.9. The number of amides is 1. The summed E-state index contributed by atoms with van der Waals surface area (Å²) in [6.07, 6.45) is 2.69. The molecule has 1 aliphatic carbocycles. The molecule has 2 heterocycles. The number of aromatic nitrogens is 1. The third-order valence-electron chi connectivity index (χ3n) is 6.60. The van der Waals surface area contributed by atoms with E-state index >= 15 is 0 Å². The second-order valence-corrected chi connectivity index (χ2v) is 9.28. The maximum absolute atomic E-state index is 14.5. The molecule has 0 saturated carbocycles. The highest BCUT2D eigenvalue weighted by atomic mass is 35.5. The summed E-state index contributed by atoms with van der Waals surface area (Å²) in [6, 6.07) is 14.7. The average Bonchev–Trinajstić information content (AvgIpc) is 3.47. The summed E-state index contributed by atoms with van der Waals surface area (Å²) in [4.78, 5) is 15.9. The molecule has 6 nitrogen and oxygen atoms in total. The Bertz CT molecular complexity index is 1250. The van der Waals surface area contributed by atoms with Gasteiger partial charge in [-0.05, 0) is 48.1 Å². The van der Waals surface area contributed by atoms with Crippen molar-refractivity contribution in [1.29, 1.82) is 0 Å². The second-order valence-electron chi connectivity index (χ2n) is 8.88. The van der Waals surface area contributed by atoms with Gasteiger partial charge in [0.15, 0.2) is 0 Å². The Morgan fingerprint density at radius 2 is 1.94 bits per heavy atom. The van der Waals surface area contributed by atoms with Crippen LogP contribution < -0.4 is 20.1 Å². The van der Waals surface area contributed by atoms with Gasteiger partial charge in [-0.3, -0.25) is 4.79 Å². The van der Waals surface area contributed by atoms with E-state index < -0.39 is 0 Å². The van der Waals surface area contributed by atoms with E-state index in [4.69, 9.17) is 21.1 Å². The topological polar surface area (TPSA) is 72.5 Å². The maximum Gasteiger partial charge on any atom is 0.236 e.